The van der Waals surface area contributed by atoms with Crippen LogP contribution in [0.3, 0.4) is 0 Å². The number of aromatic nitrogens is 1. The van der Waals surface area contributed by atoms with E-state index in [1.165, 1.54) is 9.71 Å². The predicted molar refractivity (Wildman–Crippen MR) is 118 cm³/mol. The van der Waals surface area contributed by atoms with Crippen molar-refractivity contribution in [3.05, 3.63) is 29.3 Å². The van der Waals surface area contributed by atoms with Gasteiger partial charge < -0.3 is 15.4 Å². The van der Waals surface area contributed by atoms with E-state index < -0.39 is 0 Å². The number of aliphatic imine (C=N–C) groups is 1. The number of fused-ring (bicyclic) bond motifs is 1. The number of thiazole rings is 1. The van der Waals surface area contributed by atoms with E-state index in [2.05, 4.69) is 52.6 Å². The third-order valence-electron chi connectivity index (χ3n) is 5.18. The summed E-state index contributed by atoms with van der Waals surface area (Å²) >= 11 is 1.79. The third kappa shape index (κ3) is 5.90. The van der Waals surface area contributed by atoms with E-state index in [0.29, 0.717) is 12.0 Å². The maximum absolute atomic E-state index is 5.50. The lowest BCUT2D eigenvalue weighted by atomic mass is 10.0. The van der Waals surface area contributed by atoms with Crippen molar-refractivity contribution in [2.45, 2.75) is 32.7 Å². The first kappa shape index (κ1) is 21.0. The molecule has 6 nitrogen and oxygen atoms in total. The van der Waals surface area contributed by atoms with Crippen molar-refractivity contribution in [1.29, 1.82) is 0 Å². The lowest BCUT2D eigenvalue weighted by Gasteiger charge is -2.37. The molecule has 1 aliphatic rings. The van der Waals surface area contributed by atoms with E-state index in [1.807, 2.05) is 13.1 Å². The van der Waals surface area contributed by atoms with Gasteiger partial charge in [0, 0.05) is 45.7 Å². The molecule has 1 atom stereocenters. The van der Waals surface area contributed by atoms with Gasteiger partial charge >= 0.3 is 0 Å². The lowest BCUT2D eigenvalue weighted by Crippen LogP contribution is -2.52. The fraction of sp³-hybridized carbons (Fsp3) is 0.619. The molecule has 0 radical (unpaired) electrons. The average Bonchev–Trinajstić information content (AvgIpc) is 3.13. The zero-order valence-corrected chi connectivity index (χ0v) is 18.1. The van der Waals surface area contributed by atoms with Gasteiger partial charge in [-0.05, 0) is 24.5 Å². The average molecular weight is 404 g/mol. The number of nitrogens with zero attached hydrogens (tertiary/aromatic N) is 3. The standard InChI is InChI=1S/C21H33N5OS/c1-16(2)18(26-11-13-27-14-12-26)15-24-21(22-3)23-10-6-9-20-25-17-7-4-5-8-19(17)28-20/h4-5,7-8,16,18H,6,9-15H2,1-3H3,(H2,22,23,24). The molecule has 0 saturated carbocycles. The van der Waals surface area contributed by atoms with Crippen molar-refractivity contribution in [3.63, 3.8) is 0 Å². The molecule has 7 heteroatoms. The van der Waals surface area contributed by atoms with Crippen LogP contribution >= 0.6 is 11.3 Å². The van der Waals surface area contributed by atoms with Crippen LogP contribution in [0.5, 0.6) is 0 Å². The fourth-order valence-corrected chi connectivity index (χ4v) is 4.60. The molecule has 1 aromatic heterocycles. The number of morpholine rings is 1. The Morgan fingerprint density at radius 3 is 2.75 bits per heavy atom. The fourth-order valence-electron chi connectivity index (χ4n) is 3.59. The molecule has 1 saturated heterocycles. The number of hydrogen-bond acceptors (Lipinski definition) is 5. The van der Waals surface area contributed by atoms with Crippen molar-refractivity contribution in [1.82, 2.24) is 20.5 Å². The summed E-state index contributed by atoms with van der Waals surface area (Å²) in [5, 5.41) is 8.16. The summed E-state index contributed by atoms with van der Waals surface area (Å²) in [5.74, 6) is 1.46. The zero-order chi connectivity index (χ0) is 19.8. The molecule has 1 fully saturated rings. The minimum atomic E-state index is 0.491. The number of nitrogens with one attached hydrogen (secondary N) is 2. The van der Waals surface area contributed by atoms with Crippen molar-refractivity contribution < 1.29 is 4.74 Å². The van der Waals surface area contributed by atoms with E-state index in [0.717, 1.165) is 63.7 Å². The first-order chi connectivity index (χ1) is 13.7. The highest BCUT2D eigenvalue weighted by Crippen LogP contribution is 2.22. The molecule has 154 valence electrons. The second kappa shape index (κ2) is 10.7. The topological polar surface area (TPSA) is 61.8 Å². The Bertz CT molecular complexity index is 721. The minimum absolute atomic E-state index is 0.491. The van der Waals surface area contributed by atoms with Crippen molar-refractivity contribution >= 4 is 27.5 Å². The van der Waals surface area contributed by atoms with Gasteiger partial charge in [-0.25, -0.2) is 4.98 Å². The highest BCUT2D eigenvalue weighted by molar-refractivity contribution is 7.18. The predicted octanol–water partition coefficient (Wildman–Crippen LogP) is 2.75. The Balaban J connectivity index is 1.41. The maximum atomic E-state index is 5.50. The molecule has 0 bridgehead atoms. The van der Waals surface area contributed by atoms with Gasteiger partial charge in [0.25, 0.3) is 0 Å². The monoisotopic (exact) mass is 403 g/mol. The Kier molecular flexibility index (Phi) is 8.06. The van der Waals surface area contributed by atoms with Gasteiger partial charge in [0.2, 0.25) is 0 Å². The normalized spacial score (nSPS) is 17.2. The first-order valence-electron chi connectivity index (χ1n) is 10.3. The number of benzene rings is 1. The van der Waals surface area contributed by atoms with Crippen LogP contribution in [0.4, 0.5) is 0 Å². The highest BCUT2D eigenvalue weighted by atomic mass is 32.1. The van der Waals surface area contributed by atoms with Gasteiger partial charge in [-0.1, -0.05) is 26.0 Å². The van der Waals surface area contributed by atoms with Crippen molar-refractivity contribution in [2.24, 2.45) is 10.9 Å². The quantitative estimate of drug-likeness (QED) is 0.403. The van der Waals surface area contributed by atoms with Crippen LogP contribution in [-0.4, -0.2) is 68.3 Å². The molecule has 0 aliphatic carbocycles. The van der Waals surface area contributed by atoms with Gasteiger partial charge in [0.1, 0.15) is 0 Å². The Morgan fingerprint density at radius 2 is 2.04 bits per heavy atom. The molecular weight excluding hydrogens is 370 g/mol. The Hall–Kier alpha value is -1.70. The Labute approximate surface area is 172 Å². The van der Waals surface area contributed by atoms with E-state index in [4.69, 9.17) is 9.72 Å². The summed E-state index contributed by atoms with van der Waals surface area (Å²) in [6.07, 6.45) is 2.03. The van der Waals surface area contributed by atoms with Crippen LogP contribution < -0.4 is 10.6 Å². The second-order valence-electron chi connectivity index (χ2n) is 7.52. The zero-order valence-electron chi connectivity index (χ0n) is 17.3. The molecule has 1 unspecified atom stereocenters. The van der Waals surface area contributed by atoms with E-state index in [-0.39, 0.29) is 0 Å². The van der Waals surface area contributed by atoms with Crippen LogP contribution in [0.15, 0.2) is 29.3 Å². The van der Waals surface area contributed by atoms with Crippen LogP contribution in [0.2, 0.25) is 0 Å². The number of aryl methyl sites for hydroxylation is 1. The molecule has 2 heterocycles. The van der Waals surface area contributed by atoms with Crippen LogP contribution in [0, 0.1) is 5.92 Å². The summed E-state index contributed by atoms with van der Waals surface area (Å²) in [6, 6.07) is 8.83. The summed E-state index contributed by atoms with van der Waals surface area (Å²) < 4.78 is 6.76. The number of hydrogen-bond donors (Lipinski definition) is 2. The number of ether oxygens (including phenoxy) is 1. The molecular formula is C21H33N5OS. The highest BCUT2D eigenvalue weighted by Gasteiger charge is 2.23. The second-order valence-corrected chi connectivity index (χ2v) is 8.63. The smallest absolute Gasteiger partial charge is 0.191 e. The van der Waals surface area contributed by atoms with Gasteiger partial charge in [-0.15, -0.1) is 11.3 Å². The van der Waals surface area contributed by atoms with Crippen LogP contribution in [0.25, 0.3) is 10.2 Å². The van der Waals surface area contributed by atoms with Crippen molar-refractivity contribution in [3.8, 4) is 0 Å². The van der Waals surface area contributed by atoms with E-state index in [9.17, 15) is 0 Å². The molecule has 2 aromatic rings. The molecule has 2 N–H and O–H groups in total. The first-order valence-corrected chi connectivity index (χ1v) is 11.1. The molecule has 0 spiro atoms. The van der Waals surface area contributed by atoms with Crippen LogP contribution in [0.1, 0.15) is 25.3 Å². The summed E-state index contributed by atoms with van der Waals surface area (Å²) in [4.78, 5) is 11.6. The van der Waals surface area contributed by atoms with Gasteiger partial charge in [-0.3, -0.25) is 9.89 Å². The Morgan fingerprint density at radius 1 is 1.25 bits per heavy atom. The SMILES string of the molecule is CN=C(NCCCc1nc2ccccc2s1)NCC(C(C)C)N1CCOCC1. The van der Waals surface area contributed by atoms with Gasteiger partial charge in [0.05, 0.1) is 28.4 Å². The van der Waals surface area contributed by atoms with Crippen molar-refractivity contribution in [2.75, 3.05) is 46.4 Å². The molecule has 1 aliphatic heterocycles. The van der Waals surface area contributed by atoms with E-state index >= 15 is 0 Å². The van der Waals surface area contributed by atoms with E-state index in [1.54, 1.807) is 11.3 Å². The maximum Gasteiger partial charge on any atom is 0.191 e. The van der Waals surface area contributed by atoms with Gasteiger partial charge in [0.15, 0.2) is 5.96 Å². The summed E-state index contributed by atoms with van der Waals surface area (Å²) in [5.41, 5.74) is 1.11. The summed E-state index contributed by atoms with van der Waals surface area (Å²) in [6.45, 7) is 10.1. The lowest BCUT2D eigenvalue weighted by molar-refractivity contribution is 0.00752. The van der Waals surface area contributed by atoms with Crippen LogP contribution in [-0.2, 0) is 11.2 Å². The third-order valence-corrected chi connectivity index (χ3v) is 6.28. The summed E-state index contributed by atoms with van der Waals surface area (Å²) in [7, 11) is 1.84. The minimum Gasteiger partial charge on any atom is -0.379 e. The molecule has 0 amide bonds. The molecule has 3 rings (SSSR count). The largest absolute Gasteiger partial charge is 0.379 e. The number of para-hydroxylation sites is 1. The number of rotatable bonds is 8. The molecule has 28 heavy (non-hydrogen) atoms. The number of guanidine groups is 1. The molecule has 1 aromatic carbocycles. The van der Waals surface area contributed by atoms with Gasteiger partial charge in [-0.2, -0.15) is 0 Å².